The van der Waals surface area contributed by atoms with Crippen LogP contribution in [0.15, 0.2) is 21.5 Å². The Morgan fingerprint density at radius 2 is 2.14 bits per heavy atom. The lowest BCUT2D eigenvalue weighted by Crippen LogP contribution is -2.38. The van der Waals surface area contributed by atoms with Crippen LogP contribution in [0.1, 0.15) is 30.4 Å². The second kappa shape index (κ2) is 5.65. The molecule has 0 amide bonds. The predicted octanol–water partition coefficient (Wildman–Crippen LogP) is 2.65. The van der Waals surface area contributed by atoms with Crippen molar-refractivity contribution in [3.63, 3.8) is 0 Å². The molecule has 1 aromatic rings. The largest absolute Gasteiger partial charge is 0.316 e. The van der Waals surface area contributed by atoms with E-state index in [9.17, 15) is 8.42 Å². The highest BCUT2D eigenvalue weighted by atomic mass is 79.9. The fourth-order valence-corrected chi connectivity index (χ4v) is 6.26. The summed E-state index contributed by atoms with van der Waals surface area (Å²) >= 11 is 3.50. The molecule has 2 atom stereocenters. The van der Waals surface area contributed by atoms with Crippen LogP contribution in [0.3, 0.4) is 0 Å². The summed E-state index contributed by atoms with van der Waals surface area (Å²) in [4.78, 5) is 0.453. The molecule has 0 radical (unpaired) electrons. The first kappa shape index (κ1) is 15.5. The number of rotatable bonds is 4. The maximum Gasteiger partial charge on any atom is 0.243 e. The van der Waals surface area contributed by atoms with E-state index < -0.39 is 10.0 Å². The molecule has 1 heterocycles. The summed E-state index contributed by atoms with van der Waals surface area (Å²) in [6.45, 7) is 3.22. The number of hydrogen-bond acceptors (Lipinski definition) is 3. The van der Waals surface area contributed by atoms with Gasteiger partial charge in [0.25, 0.3) is 0 Å². The lowest BCUT2D eigenvalue weighted by Gasteiger charge is -2.27. The van der Waals surface area contributed by atoms with E-state index in [-0.39, 0.29) is 6.04 Å². The Bertz CT molecular complexity index is 660. The van der Waals surface area contributed by atoms with Crippen LogP contribution >= 0.6 is 15.9 Å². The Balaban J connectivity index is 2.02. The molecule has 6 heteroatoms. The second-order valence-corrected chi connectivity index (χ2v) is 8.85. The van der Waals surface area contributed by atoms with Crippen molar-refractivity contribution in [2.24, 2.45) is 5.92 Å². The van der Waals surface area contributed by atoms with E-state index in [2.05, 4.69) is 21.2 Å². The molecule has 1 saturated heterocycles. The van der Waals surface area contributed by atoms with E-state index in [4.69, 9.17) is 0 Å². The Hall–Kier alpha value is -0.430. The SMILES string of the molecule is CNCc1cc(Br)c(C)c(S(=O)(=O)N2CC3CCC2C3)c1. The molecular formula is C15H21BrN2O2S. The maximum atomic E-state index is 13.0. The fraction of sp³-hybridized carbons (Fsp3) is 0.600. The van der Waals surface area contributed by atoms with Gasteiger partial charge < -0.3 is 5.32 Å². The van der Waals surface area contributed by atoms with Gasteiger partial charge in [-0.15, -0.1) is 0 Å². The van der Waals surface area contributed by atoms with Gasteiger partial charge in [0.1, 0.15) is 0 Å². The third-order valence-electron chi connectivity index (χ3n) is 4.68. The zero-order valence-corrected chi connectivity index (χ0v) is 14.8. The zero-order valence-electron chi connectivity index (χ0n) is 12.4. The number of benzene rings is 1. The van der Waals surface area contributed by atoms with Gasteiger partial charge in [-0.2, -0.15) is 4.31 Å². The van der Waals surface area contributed by atoms with Crippen molar-refractivity contribution in [3.05, 3.63) is 27.7 Å². The lowest BCUT2D eigenvalue weighted by molar-refractivity contribution is 0.333. The molecule has 0 aromatic heterocycles. The molecule has 1 saturated carbocycles. The molecule has 2 unspecified atom stereocenters. The van der Waals surface area contributed by atoms with Crippen LogP contribution < -0.4 is 5.32 Å². The number of fused-ring (bicyclic) bond motifs is 2. The van der Waals surface area contributed by atoms with Gasteiger partial charge in [-0.3, -0.25) is 0 Å². The van der Waals surface area contributed by atoms with Gasteiger partial charge in [-0.1, -0.05) is 15.9 Å². The highest BCUT2D eigenvalue weighted by Crippen LogP contribution is 2.41. The predicted molar refractivity (Wildman–Crippen MR) is 86.7 cm³/mol. The van der Waals surface area contributed by atoms with Gasteiger partial charge in [0.15, 0.2) is 0 Å². The van der Waals surface area contributed by atoms with Gasteiger partial charge in [0.2, 0.25) is 10.0 Å². The van der Waals surface area contributed by atoms with E-state index in [1.165, 1.54) is 6.42 Å². The monoisotopic (exact) mass is 372 g/mol. The highest BCUT2D eigenvalue weighted by Gasteiger charge is 2.44. The first-order chi connectivity index (χ1) is 9.93. The summed E-state index contributed by atoms with van der Waals surface area (Å²) < 4.78 is 28.7. The molecule has 2 aliphatic rings. The van der Waals surface area contributed by atoms with Gasteiger partial charge in [0.05, 0.1) is 4.90 Å². The molecule has 116 valence electrons. The standard InChI is InChI=1S/C15H21BrN2O2S/c1-10-14(16)6-12(8-17-2)7-15(10)21(19,20)18-9-11-3-4-13(18)5-11/h6-7,11,13,17H,3-5,8-9H2,1-2H3. The number of nitrogens with one attached hydrogen (secondary N) is 1. The molecule has 2 bridgehead atoms. The summed E-state index contributed by atoms with van der Waals surface area (Å²) in [6.07, 6.45) is 3.23. The fourth-order valence-electron chi connectivity index (χ4n) is 3.58. The zero-order chi connectivity index (χ0) is 15.2. The average Bonchev–Trinajstić information content (AvgIpc) is 3.05. The molecule has 1 N–H and O–H groups in total. The topological polar surface area (TPSA) is 49.4 Å². The Kier molecular flexibility index (Phi) is 4.16. The summed E-state index contributed by atoms with van der Waals surface area (Å²) in [7, 11) is -1.53. The summed E-state index contributed by atoms with van der Waals surface area (Å²) in [5, 5.41) is 3.08. The first-order valence-corrected chi connectivity index (χ1v) is 9.62. The van der Waals surface area contributed by atoms with Crippen molar-refractivity contribution < 1.29 is 8.42 Å². The van der Waals surface area contributed by atoms with Crippen LogP contribution in [-0.4, -0.2) is 32.4 Å². The van der Waals surface area contributed by atoms with E-state index >= 15 is 0 Å². The van der Waals surface area contributed by atoms with Crippen molar-refractivity contribution in [2.75, 3.05) is 13.6 Å². The third kappa shape index (κ3) is 2.67. The minimum absolute atomic E-state index is 0.214. The van der Waals surface area contributed by atoms with E-state index in [0.29, 0.717) is 23.9 Å². The van der Waals surface area contributed by atoms with Crippen LogP contribution in [-0.2, 0) is 16.6 Å². The maximum absolute atomic E-state index is 13.0. The summed E-state index contributed by atoms with van der Waals surface area (Å²) in [5.41, 5.74) is 1.79. The molecule has 0 spiro atoms. The van der Waals surface area contributed by atoms with E-state index in [1.807, 2.05) is 26.1 Å². The molecule has 1 aliphatic heterocycles. The number of nitrogens with zero attached hydrogens (tertiary/aromatic N) is 1. The molecule has 1 aromatic carbocycles. The second-order valence-electron chi connectivity index (χ2n) is 6.14. The minimum atomic E-state index is -3.39. The van der Waals surface area contributed by atoms with Crippen molar-refractivity contribution in [1.29, 1.82) is 0 Å². The van der Waals surface area contributed by atoms with Crippen molar-refractivity contribution in [1.82, 2.24) is 9.62 Å². The summed E-state index contributed by atoms with van der Waals surface area (Å²) in [6, 6.07) is 4.02. The number of halogens is 1. The quantitative estimate of drug-likeness (QED) is 0.883. The van der Waals surface area contributed by atoms with Crippen LogP contribution in [0.5, 0.6) is 0 Å². The smallest absolute Gasteiger partial charge is 0.243 e. The lowest BCUT2D eigenvalue weighted by atomic mass is 10.1. The normalized spacial score (nSPS) is 25.7. The molecule has 4 nitrogen and oxygen atoms in total. The summed E-state index contributed by atoms with van der Waals surface area (Å²) in [5.74, 6) is 0.564. The van der Waals surface area contributed by atoms with Crippen LogP contribution in [0.4, 0.5) is 0 Å². The molecular weight excluding hydrogens is 352 g/mol. The molecule has 21 heavy (non-hydrogen) atoms. The number of sulfonamides is 1. The number of hydrogen-bond donors (Lipinski definition) is 1. The van der Waals surface area contributed by atoms with Crippen LogP contribution in [0, 0.1) is 12.8 Å². The Morgan fingerprint density at radius 1 is 1.38 bits per heavy atom. The highest BCUT2D eigenvalue weighted by molar-refractivity contribution is 9.10. The van der Waals surface area contributed by atoms with Gasteiger partial charge in [-0.25, -0.2) is 8.42 Å². The Morgan fingerprint density at radius 3 is 2.71 bits per heavy atom. The Labute approximate surface area is 135 Å². The van der Waals surface area contributed by atoms with Gasteiger partial charge >= 0.3 is 0 Å². The van der Waals surface area contributed by atoms with E-state index in [0.717, 1.165) is 28.4 Å². The average molecular weight is 373 g/mol. The molecule has 3 rings (SSSR count). The molecule has 1 aliphatic carbocycles. The third-order valence-corrected chi connectivity index (χ3v) is 7.55. The molecule has 2 fully saturated rings. The van der Waals surface area contributed by atoms with Crippen LogP contribution in [0.25, 0.3) is 0 Å². The van der Waals surface area contributed by atoms with Gasteiger partial charge in [0, 0.05) is 23.6 Å². The van der Waals surface area contributed by atoms with Crippen molar-refractivity contribution in [2.45, 2.75) is 43.7 Å². The van der Waals surface area contributed by atoms with E-state index in [1.54, 1.807) is 4.31 Å². The van der Waals surface area contributed by atoms with Crippen molar-refractivity contribution >= 4 is 26.0 Å². The van der Waals surface area contributed by atoms with Crippen LogP contribution in [0.2, 0.25) is 0 Å². The van der Waals surface area contributed by atoms with Gasteiger partial charge in [-0.05, 0) is 62.4 Å². The number of piperidine rings is 1. The first-order valence-electron chi connectivity index (χ1n) is 7.39. The van der Waals surface area contributed by atoms with Crippen molar-refractivity contribution in [3.8, 4) is 0 Å². The minimum Gasteiger partial charge on any atom is -0.316 e.